The lowest BCUT2D eigenvalue weighted by molar-refractivity contribution is -0.138. The highest BCUT2D eigenvalue weighted by Crippen LogP contribution is 2.35. The zero-order valence-corrected chi connectivity index (χ0v) is 19.1. The summed E-state index contributed by atoms with van der Waals surface area (Å²) in [4.78, 5) is 12.6. The zero-order valence-electron chi connectivity index (χ0n) is 19.1. The van der Waals surface area contributed by atoms with Crippen molar-refractivity contribution >= 4 is 23.0 Å². The number of rotatable bonds is 7. The second-order valence-corrected chi connectivity index (χ2v) is 8.22. The molecular formula is C24H27F3N6O. The van der Waals surface area contributed by atoms with Crippen LogP contribution in [0.15, 0.2) is 54.9 Å². The number of methoxy groups -OCH3 is 1. The molecule has 1 aliphatic heterocycles. The van der Waals surface area contributed by atoms with Crippen molar-refractivity contribution in [3.8, 4) is 5.75 Å². The van der Waals surface area contributed by atoms with E-state index in [0.29, 0.717) is 23.1 Å². The normalized spacial score (nSPS) is 15.2. The Morgan fingerprint density at radius 2 is 1.59 bits per heavy atom. The predicted octanol–water partition coefficient (Wildman–Crippen LogP) is 4.74. The van der Waals surface area contributed by atoms with Gasteiger partial charge in [-0.3, -0.25) is 4.90 Å². The van der Waals surface area contributed by atoms with Gasteiger partial charge in [-0.2, -0.15) is 13.2 Å². The standard InChI is InChI=1S/C24H27F3N6O/c1-32-8-10-33(11-9-32)15-17-6-7-19(13-21(17)24(25,26)27)31-23-14-22(28-16-29-23)30-18-4-3-5-20(12-18)34-2/h3-7,12-14,16H,8-11,15H2,1-2H3,(H2,28,29,30,31). The van der Waals surface area contributed by atoms with Crippen LogP contribution < -0.4 is 15.4 Å². The van der Waals surface area contributed by atoms with E-state index >= 15 is 0 Å². The van der Waals surface area contributed by atoms with Gasteiger partial charge in [-0.15, -0.1) is 0 Å². The van der Waals surface area contributed by atoms with Gasteiger partial charge in [0.2, 0.25) is 0 Å². The number of piperazine rings is 1. The van der Waals surface area contributed by atoms with Gasteiger partial charge in [-0.1, -0.05) is 12.1 Å². The molecule has 0 aliphatic carbocycles. The number of halogens is 3. The molecular weight excluding hydrogens is 445 g/mol. The highest BCUT2D eigenvalue weighted by Gasteiger charge is 2.34. The van der Waals surface area contributed by atoms with Gasteiger partial charge in [0, 0.05) is 56.2 Å². The number of hydrogen-bond acceptors (Lipinski definition) is 7. The van der Waals surface area contributed by atoms with Crippen molar-refractivity contribution in [1.29, 1.82) is 0 Å². The topological polar surface area (TPSA) is 65.6 Å². The maximum atomic E-state index is 13.9. The molecule has 0 amide bonds. The first-order valence-electron chi connectivity index (χ1n) is 10.9. The second kappa shape index (κ2) is 10.3. The molecule has 180 valence electrons. The Hall–Kier alpha value is -3.37. The number of likely N-dealkylation sites (N-methyl/N-ethyl adjacent to an activating group) is 1. The number of ether oxygens (including phenoxy) is 1. The van der Waals surface area contributed by atoms with Gasteiger partial charge in [-0.05, 0) is 36.9 Å². The first-order chi connectivity index (χ1) is 16.3. The van der Waals surface area contributed by atoms with Crippen LogP contribution in [0.1, 0.15) is 11.1 Å². The number of alkyl halides is 3. The highest BCUT2D eigenvalue weighted by atomic mass is 19.4. The molecule has 1 aliphatic rings. The summed E-state index contributed by atoms with van der Waals surface area (Å²) in [5.74, 6) is 1.56. The van der Waals surface area contributed by atoms with Crippen molar-refractivity contribution in [2.75, 3.05) is 51.0 Å². The van der Waals surface area contributed by atoms with Crippen LogP contribution in [0.3, 0.4) is 0 Å². The average Bonchev–Trinajstić information content (AvgIpc) is 2.81. The SMILES string of the molecule is COc1cccc(Nc2cc(Nc3ccc(CN4CCN(C)CC4)c(C(F)(F)F)c3)ncn2)c1. The average molecular weight is 473 g/mol. The molecule has 0 atom stereocenters. The summed E-state index contributed by atoms with van der Waals surface area (Å²) < 4.78 is 46.8. The summed E-state index contributed by atoms with van der Waals surface area (Å²) in [5, 5.41) is 6.10. The van der Waals surface area contributed by atoms with Gasteiger partial charge in [0.1, 0.15) is 23.7 Å². The van der Waals surface area contributed by atoms with Crippen LogP contribution in [0.2, 0.25) is 0 Å². The Bertz CT molecular complexity index is 1120. The molecule has 2 N–H and O–H groups in total. The van der Waals surface area contributed by atoms with Crippen LogP contribution in [0.4, 0.5) is 36.2 Å². The van der Waals surface area contributed by atoms with Crippen molar-refractivity contribution in [2.45, 2.75) is 12.7 Å². The summed E-state index contributed by atoms with van der Waals surface area (Å²) in [6, 6.07) is 13.3. The largest absolute Gasteiger partial charge is 0.497 e. The summed E-state index contributed by atoms with van der Waals surface area (Å²) in [5.41, 5.74) is 0.697. The Morgan fingerprint density at radius 1 is 0.912 bits per heavy atom. The van der Waals surface area contributed by atoms with Crippen molar-refractivity contribution in [3.63, 3.8) is 0 Å². The van der Waals surface area contributed by atoms with Gasteiger partial charge in [0.25, 0.3) is 0 Å². The second-order valence-electron chi connectivity index (χ2n) is 8.22. The van der Waals surface area contributed by atoms with Gasteiger partial charge in [0.15, 0.2) is 0 Å². The van der Waals surface area contributed by atoms with Crippen molar-refractivity contribution < 1.29 is 17.9 Å². The lowest BCUT2D eigenvalue weighted by atomic mass is 10.0. The third-order valence-corrected chi connectivity index (χ3v) is 5.69. The molecule has 3 aromatic rings. The van der Waals surface area contributed by atoms with E-state index in [1.54, 1.807) is 25.3 Å². The molecule has 0 unspecified atom stereocenters. The number of hydrogen-bond donors (Lipinski definition) is 2. The number of anilines is 4. The maximum Gasteiger partial charge on any atom is 0.416 e. The fourth-order valence-corrected chi connectivity index (χ4v) is 3.79. The molecule has 0 radical (unpaired) electrons. The van der Waals surface area contributed by atoms with Crippen LogP contribution in [-0.2, 0) is 12.7 Å². The fourth-order valence-electron chi connectivity index (χ4n) is 3.79. The van der Waals surface area contributed by atoms with E-state index < -0.39 is 11.7 Å². The lowest BCUT2D eigenvalue weighted by Gasteiger charge is -2.33. The molecule has 2 aromatic carbocycles. The number of benzene rings is 2. The first kappa shape index (κ1) is 23.8. The zero-order chi connectivity index (χ0) is 24.1. The molecule has 10 heteroatoms. The van der Waals surface area contributed by atoms with Gasteiger partial charge in [0.05, 0.1) is 12.7 Å². The quantitative estimate of drug-likeness (QED) is 0.515. The molecule has 4 rings (SSSR count). The van der Waals surface area contributed by atoms with E-state index in [1.165, 1.54) is 6.33 Å². The molecule has 0 saturated carbocycles. The summed E-state index contributed by atoms with van der Waals surface area (Å²) >= 11 is 0. The van der Waals surface area contributed by atoms with Crippen LogP contribution in [-0.4, -0.2) is 60.1 Å². The van der Waals surface area contributed by atoms with Gasteiger partial charge >= 0.3 is 6.18 Å². The smallest absolute Gasteiger partial charge is 0.416 e. The van der Waals surface area contributed by atoms with E-state index in [4.69, 9.17) is 4.74 Å². The summed E-state index contributed by atoms with van der Waals surface area (Å²) in [7, 11) is 3.60. The Labute approximate surface area is 196 Å². The predicted molar refractivity (Wildman–Crippen MR) is 126 cm³/mol. The van der Waals surface area contributed by atoms with Crippen LogP contribution in [0.5, 0.6) is 5.75 Å². The van der Waals surface area contributed by atoms with E-state index in [-0.39, 0.29) is 12.1 Å². The number of nitrogens with zero attached hydrogens (tertiary/aromatic N) is 4. The van der Waals surface area contributed by atoms with Crippen LogP contribution in [0.25, 0.3) is 0 Å². The molecule has 1 aromatic heterocycles. The lowest BCUT2D eigenvalue weighted by Crippen LogP contribution is -2.44. The molecule has 34 heavy (non-hydrogen) atoms. The minimum Gasteiger partial charge on any atom is -0.497 e. The molecule has 0 bridgehead atoms. The maximum absolute atomic E-state index is 13.9. The number of nitrogens with one attached hydrogen (secondary N) is 2. The summed E-state index contributed by atoms with van der Waals surface area (Å²) in [6.07, 6.45) is -3.11. The van der Waals surface area contributed by atoms with Crippen molar-refractivity contribution in [2.24, 2.45) is 0 Å². The Kier molecular flexibility index (Phi) is 7.18. The van der Waals surface area contributed by atoms with E-state index in [0.717, 1.165) is 37.9 Å². The molecule has 1 fully saturated rings. The van der Waals surface area contributed by atoms with Gasteiger partial charge in [-0.25, -0.2) is 9.97 Å². The molecule has 2 heterocycles. The molecule has 1 saturated heterocycles. The van der Waals surface area contributed by atoms with Crippen molar-refractivity contribution in [3.05, 3.63) is 66.0 Å². The molecule has 7 nitrogen and oxygen atoms in total. The third-order valence-electron chi connectivity index (χ3n) is 5.69. The monoisotopic (exact) mass is 472 g/mol. The minimum atomic E-state index is -4.45. The van der Waals surface area contributed by atoms with Gasteiger partial charge < -0.3 is 20.3 Å². The highest BCUT2D eigenvalue weighted by molar-refractivity contribution is 5.64. The fraction of sp³-hybridized carbons (Fsp3) is 0.333. The third kappa shape index (κ3) is 6.15. The molecule has 0 spiro atoms. The summed E-state index contributed by atoms with van der Waals surface area (Å²) in [6.45, 7) is 3.46. The first-order valence-corrected chi connectivity index (χ1v) is 10.9. The van der Waals surface area contributed by atoms with Crippen molar-refractivity contribution in [1.82, 2.24) is 19.8 Å². The minimum absolute atomic E-state index is 0.269. The van der Waals surface area contributed by atoms with E-state index in [1.807, 2.05) is 31.3 Å². The van der Waals surface area contributed by atoms with Crippen LogP contribution >= 0.6 is 0 Å². The Balaban J connectivity index is 1.50. The Morgan fingerprint density at radius 3 is 2.24 bits per heavy atom. The van der Waals surface area contributed by atoms with Crippen LogP contribution in [0, 0.1) is 0 Å². The number of aromatic nitrogens is 2. The van der Waals surface area contributed by atoms with E-state index in [9.17, 15) is 13.2 Å². The van der Waals surface area contributed by atoms with E-state index in [2.05, 4.69) is 30.4 Å².